The van der Waals surface area contributed by atoms with Crippen LogP contribution in [-0.2, 0) is 5.41 Å². The molecule has 2 heterocycles. The molecule has 0 atom stereocenters. The first kappa shape index (κ1) is 45.3. The highest BCUT2D eigenvalue weighted by molar-refractivity contribution is 7.22. The van der Waals surface area contributed by atoms with E-state index < -0.39 is 21.6 Å². The lowest BCUT2D eigenvalue weighted by molar-refractivity contribution is 0.769. The Kier molecular flexibility index (Phi) is 10.4. The Hall–Kier alpha value is -9.13. The van der Waals surface area contributed by atoms with Crippen LogP contribution in [0.4, 0.5) is 17.1 Å². The monoisotopic (exact) mass is 1010 g/mol. The third kappa shape index (κ3) is 6.58. The summed E-state index contributed by atoms with van der Waals surface area (Å²) in [6.07, 6.45) is 0. The van der Waals surface area contributed by atoms with E-state index in [0.717, 1.165) is 17.1 Å². The van der Waals surface area contributed by atoms with Gasteiger partial charge in [0.2, 0.25) is 0 Å². The molecule has 0 saturated carbocycles. The highest BCUT2D eigenvalue weighted by Gasteiger charge is 2.49. The van der Waals surface area contributed by atoms with Crippen molar-refractivity contribution in [3.8, 4) is 44.5 Å². The van der Waals surface area contributed by atoms with Gasteiger partial charge in [0.05, 0.1) is 5.41 Å². The molecule has 0 amide bonds. The van der Waals surface area contributed by atoms with E-state index >= 15 is 0 Å². The lowest BCUT2D eigenvalue weighted by Crippen LogP contribution is -2.72. The molecule has 1 nitrogen and oxygen atoms in total. The first-order valence-corrected chi connectivity index (χ1v) is 31.5. The second-order valence-corrected chi connectivity index (χ2v) is 28.8. The van der Waals surface area contributed by atoms with E-state index in [-0.39, 0.29) is 0 Å². The Morgan fingerprint density at radius 2 is 0.688 bits per heavy atom. The quantitative estimate of drug-likeness (QED) is 0.130. The molecule has 77 heavy (non-hydrogen) atoms. The van der Waals surface area contributed by atoms with Crippen LogP contribution in [0.5, 0.6) is 0 Å². The lowest BCUT2D eigenvalue weighted by atomic mass is 9.67. The van der Waals surface area contributed by atoms with Crippen molar-refractivity contribution in [2.45, 2.75) is 12.0 Å². The van der Waals surface area contributed by atoms with Gasteiger partial charge in [-0.25, -0.2) is 0 Å². The Balaban J connectivity index is 0.915. The molecule has 12 aromatic carbocycles. The van der Waals surface area contributed by atoms with E-state index in [4.69, 9.17) is 0 Å². The van der Waals surface area contributed by atoms with Crippen molar-refractivity contribution in [2.75, 3.05) is 4.90 Å². The molecule has 0 bridgehead atoms. The number of anilines is 3. The standard InChI is InChI=1S/C74H53NSi2/c1-76(70-39-17-12-34-64(70)65-35-13-18-40-71(65)76)60-31-21-27-57(50-60)75(58-28-22-32-61(51-58)77(59-29-9-4-10-30-59)72-41-19-14-36-66(72)67-37-15-20-42-73(67)77)56-46-43-52(44-47-56)53-45-48-63-62-33-11-16-38-68(62)74(69(63)49-53,54-23-5-2-6-24-54)55-25-7-3-8-26-55/h2-51H,1H3. The average molecular weight is 1010 g/mol. The zero-order valence-electron chi connectivity index (χ0n) is 42.8. The van der Waals surface area contributed by atoms with E-state index in [9.17, 15) is 0 Å². The van der Waals surface area contributed by atoms with Crippen LogP contribution < -0.4 is 41.2 Å². The molecule has 12 aromatic rings. The third-order valence-corrected chi connectivity index (χ3v) is 26.9. The summed E-state index contributed by atoms with van der Waals surface area (Å²) in [6, 6.07) is 115. The average Bonchev–Trinajstić information content (AvgIpc) is 4.24. The van der Waals surface area contributed by atoms with Crippen molar-refractivity contribution < 1.29 is 0 Å². The summed E-state index contributed by atoms with van der Waals surface area (Å²) in [4.78, 5) is 2.52. The van der Waals surface area contributed by atoms with Gasteiger partial charge in [-0.1, -0.05) is 267 Å². The fraction of sp³-hybridized carbons (Fsp3) is 0.0270. The highest BCUT2D eigenvalue weighted by Crippen LogP contribution is 2.56. The maximum Gasteiger partial charge on any atom is 0.180 e. The van der Waals surface area contributed by atoms with Crippen molar-refractivity contribution in [3.63, 3.8) is 0 Å². The first-order chi connectivity index (χ1) is 38.1. The van der Waals surface area contributed by atoms with Gasteiger partial charge in [0.15, 0.2) is 8.07 Å². The second-order valence-electron chi connectivity index (χ2n) is 21.2. The third-order valence-electron chi connectivity index (χ3n) is 17.5. The molecule has 0 spiro atoms. The number of rotatable bonds is 9. The predicted molar refractivity (Wildman–Crippen MR) is 329 cm³/mol. The van der Waals surface area contributed by atoms with Crippen LogP contribution in [0.15, 0.2) is 303 Å². The summed E-state index contributed by atoms with van der Waals surface area (Å²) < 4.78 is 0. The molecular weight excluding hydrogens is 959 g/mol. The second kappa shape index (κ2) is 17.7. The van der Waals surface area contributed by atoms with Crippen LogP contribution in [0.1, 0.15) is 22.3 Å². The number of hydrogen-bond acceptors (Lipinski definition) is 1. The van der Waals surface area contributed by atoms with Gasteiger partial charge in [-0.3, -0.25) is 0 Å². The van der Waals surface area contributed by atoms with Gasteiger partial charge >= 0.3 is 0 Å². The van der Waals surface area contributed by atoms with Crippen molar-refractivity contribution in [1.29, 1.82) is 0 Å². The molecule has 1 aliphatic carbocycles. The maximum absolute atomic E-state index is 2.79. The normalized spacial score (nSPS) is 14.4. The first-order valence-electron chi connectivity index (χ1n) is 27.0. The smallest absolute Gasteiger partial charge is 0.180 e. The molecule has 0 saturated heterocycles. The van der Waals surface area contributed by atoms with Crippen molar-refractivity contribution >= 4 is 69.5 Å². The Labute approximate surface area is 453 Å². The predicted octanol–water partition coefficient (Wildman–Crippen LogP) is 13.6. The number of benzene rings is 12. The largest absolute Gasteiger partial charge is 0.311 e. The SMILES string of the molecule is C[Si]1(c2cccc(N(c3ccc(-c4ccc5c(c4)C(c4ccccc4)(c4ccccc4)c4ccccc4-5)cc3)c3cccc([Si]4(c5ccccc5)c5ccccc5-c5ccccc54)c3)c2)c2ccccc2-c2ccccc21. The van der Waals surface area contributed by atoms with Crippen LogP contribution >= 0.6 is 0 Å². The zero-order valence-corrected chi connectivity index (χ0v) is 44.8. The van der Waals surface area contributed by atoms with Crippen molar-refractivity contribution in [2.24, 2.45) is 0 Å². The van der Waals surface area contributed by atoms with Gasteiger partial charge in [-0.2, -0.15) is 0 Å². The Bertz CT molecular complexity index is 4110. The van der Waals surface area contributed by atoms with Gasteiger partial charge in [0.1, 0.15) is 8.07 Å². The lowest BCUT2D eigenvalue weighted by Gasteiger charge is -2.34. The van der Waals surface area contributed by atoms with E-state index in [1.165, 1.54) is 103 Å². The molecule has 15 rings (SSSR count). The number of nitrogens with zero attached hydrogens (tertiary/aromatic N) is 1. The fourth-order valence-corrected chi connectivity index (χ4v) is 23.5. The molecule has 3 heteroatoms. The zero-order chi connectivity index (χ0) is 51.1. The summed E-state index contributed by atoms with van der Waals surface area (Å²) in [5.74, 6) is 0. The summed E-state index contributed by atoms with van der Waals surface area (Å²) in [7, 11) is -5.21. The molecule has 0 N–H and O–H groups in total. The van der Waals surface area contributed by atoms with Gasteiger partial charge in [-0.05, 0) is 146 Å². The fourth-order valence-electron chi connectivity index (χ4n) is 14.2. The van der Waals surface area contributed by atoms with Crippen molar-refractivity contribution in [3.05, 3.63) is 326 Å². The van der Waals surface area contributed by atoms with E-state index in [2.05, 4.69) is 315 Å². The van der Waals surface area contributed by atoms with E-state index in [1.807, 2.05) is 0 Å². The van der Waals surface area contributed by atoms with Gasteiger partial charge in [-0.15, -0.1) is 0 Å². The molecule has 362 valence electrons. The van der Waals surface area contributed by atoms with Crippen LogP contribution in [0.3, 0.4) is 0 Å². The minimum Gasteiger partial charge on any atom is -0.311 e. The maximum atomic E-state index is 2.56. The summed E-state index contributed by atoms with van der Waals surface area (Å²) in [6.45, 7) is 2.56. The number of fused-ring (bicyclic) bond motifs is 9. The highest BCUT2D eigenvalue weighted by atomic mass is 28.3. The minimum absolute atomic E-state index is 0.474. The number of hydrogen-bond donors (Lipinski definition) is 0. The van der Waals surface area contributed by atoms with Gasteiger partial charge in [0.25, 0.3) is 0 Å². The molecule has 0 aromatic heterocycles. The van der Waals surface area contributed by atoms with Crippen molar-refractivity contribution in [1.82, 2.24) is 0 Å². The summed E-state index contributed by atoms with van der Waals surface area (Å²) in [5, 5.41) is 10.0. The van der Waals surface area contributed by atoms with Crippen LogP contribution in [0.2, 0.25) is 6.55 Å². The molecular formula is C74H53NSi2. The summed E-state index contributed by atoms with van der Waals surface area (Å²) in [5.41, 5.74) is 18.5. The summed E-state index contributed by atoms with van der Waals surface area (Å²) >= 11 is 0. The molecule has 3 aliphatic rings. The Morgan fingerprint density at radius 3 is 1.26 bits per heavy atom. The molecule has 0 radical (unpaired) electrons. The Morgan fingerprint density at radius 1 is 0.273 bits per heavy atom. The van der Waals surface area contributed by atoms with E-state index in [0.29, 0.717) is 0 Å². The van der Waals surface area contributed by atoms with Gasteiger partial charge < -0.3 is 4.90 Å². The minimum atomic E-state index is -2.79. The topological polar surface area (TPSA) is 3.24 Å². The van der Waals surface area contributed by atoms with E-state index in [1.54, 1.807) is 0 Å². The molecule has 2 aliphatic heterocycles. The van der Waals surface area contributed by atoms with Crippen LogP contribution in [0.25, 0.3) is 44.5 Å². The molecule has 0 unspecified atom stereocenters. The van der Waals surface area contributed by atoms with Crippen LogP contribution in [-0.4, -0.2) is 16.1 Å². The van der Waals surface area contributed by atoms with Crippen LogP contribution in [0, 0.1) is 0 Å². The molecule has 0 fully saturated rings. The van der Waals surface area contributed by atoms with Gasteiger partial charge in [0, 0.05) is 17.1 Å².